The number of carbonyl (C=O) groups is 3. The smallest absolute Gasteiger partial charge is 0.320 e. The maximum Gasteiger partial charge on any atom is 0.323 e. The molecule has 0 aliphatic carbocycles. The normalized spacial score (nSPS) is 12.2. The molecule has 0 atom stereocenters. The minimum absolute atomic E-state index is 0.0601. The zero-order valence-electron chi connectivity index (χ0n) is 28.8. The Labute approximate surface area is 328 Å². The van der Waals surface area contributed by atoms with E-state index in [2.05, 4.69) is 21.3 Å². The van der Waals surface area contributed by atoms with E-state index in [1.165, 1.54) is 97.1 Å². The predicted molar refractivity (Wildman–Crippen MR) is 209 cm³/mol. The van der Waals surface area contributed by atoms with Gasteiger partial charge in [-0.05, 0) is 60.7 Å². The second-order valence-corrected chi connectivity index (χ2v) is 17.7. The monoisotopic (exact) mass is 870 g/mol. The molecule has 0 unspecified atom stereocenters. The summed E-state index contributed by atoms with van der Waals surface area (Å²) in [5.74, 6) is -1.79. The third kappa shape index (κ3) is 8.80. The largest absolute Gasteiger partial charge is 0.323 e. The second kappa shape index (κ2) is 15.2. The average molecular weight is 871 g/mol. The molecule has 0 aliphatic heterocycles. The Morgan fingerprint density at radius 1 is 0.379 bits per heavy atom. The molecule has 6 rings (SSSR count). The van der Waals surface area contributed by atoms with E-state index in [1.54, 1.807) is 0 Å². The second-order valence-electron chi connectivity index (χ2n) is 12.1. The van der Waals surface area contributed by atoms with Crippen molar-refractivity contribution in [2.75, 3.05) is 21.3 Å². The van der Waals surface area contributed by atoms with Gasteiger partial charge >= 0.3 is 6.03 Å². The summed E-state index contributed by atoms with van der Waals surface area (Å²) in [4.78, 5) is 35.5. The third-order valence-corrected chi connectivity index (χ3v) is 11.9. The third-order valence-electron chi connectivity index (χ3n) is 8.34. The fourth-order valence-electron chi connectivity index (χ4n) is 5.80. The molecule has 0 aromatic heterocycles. The molecule has 0 bridgehead atoms. The van der Waals surface area contributed by atoms with E-state index >= 15 is 0 Å². The molecule has 0 heterocycles. The summed E-state index contributed by atoms with van der Waals surface area (Å²) in [7, 11) is -20.2. The summed E-state index contributed by atoms with van der Waals surface area (Å²) in [6.07, 6.45) is 0. The van der Waals surface area contributed by atoms with E-state index < -0.39 is 89.3 Å². The summed E-state index contributed by atoms with van der Waals surface area (Å²) >= 11 is 0. The zero-order chi connectivity index (χ0) is 42.4. The van der Waals surface area contributed by atoms with E-state index in [0.29, 0.717) is 12.1 Å². The Balaban J connectivity index is 1.15. The zero-order valence-corrected chi connectivity index (χ0v) is 32.1. The van der Waals surface area contributed by atoms with Crippen LogP contribution >= 0.6 is 0 Å². The molecule has 300 valence electrons. The number of amides is 4. The van der Waals surface area contributed by atoms with Crippen LogP contribution < -0.4 is 21.3 Å². The number of rotatable bonds is 10. The van der Waals surface area contributed by atoms with Gasteiger partial charge in [0.1, 0.15) is 19.6 Å². The topological polar surface area (TPSA) is 317 Å². The molecule has 6 aromatic rings. The van der Waals surface area contributed by atoms with Gasteiger partial charge < -0.3 is 21.3 Å². The van der Waals surface area contributed by atoms with Gasteiger partial charge in [-0.1, -0.05) is 48.5 Å². The first-order chi connectivity index (χ1) is 27.0. The van der Waals surface area contributed by atoms with Crippen molar-refractivity contribution in [2.45, 2.75) is 19.6 Å². The molecule has 0 spiro atoms. The van der Waals surface area contributed by atoms with E-state index in [0.717, 1.165) is 0 Å². The Kier molecular flexibility index (Phi) is 10.8. The molecular weight excluding hydrogens is 845 g/mol. The average Bonchev–Trinajstić information content (AvgIpc) is 3.13. The van der Waals surface area contributed by atoms with Crippen LogP contribution in [0.5, 0.6) is 0 Å². The van der Waals surface area contributed by atoms with Crippen molar-refractivity contribution in [3.63, 3.8) is 0 Å². The molecule has 0 fully saturated rings. The van der Waals surface area contributed by atoms with Gasteiger partial charge in [-0.2, -0.15) is 33.7 Å². The Hall–Kier alpha value is -6.31. The summed E-state index contributed by atoms with van der Waals surface area (Å²) in [5, 5.41) is 9.15. The van der Waals surface area contributed by atoms with E-state index in [9.17, 15) is 66.3 Å². The van der Waals surface area contributed by atoms with Crippen molar-refractivity contribution in [1.29, 1.82) is 0 Å². The van der Waals surface area contributed by atoms with Crippen LogP contribution in [0.4, 0.5) is 27.5 Å². The molecule has 0 radical (unpaired) electrons. The Bertz CT molecular complexity index is 2940. The first-order valence-corrected chi connectivity index (χ1v) is 21.7. The number of hydrogen-bond donors (Lipinski definition) is 8. The summed E-state index contributed by atoms with van der Waals surface area (Å²) < 4.78 is 136. The van der Waals surface area contributed by atoms with Crippen molar-refractivity contribution in [1.82, 2.24) is 0 Å². The number of fused-ring (bicyclic) bond motifs is 2. The highest BCUT2D eigenvalue weighted by atomic mass is 32.2. The number of carbonyl (C=O) groups excluding carboxylic acids is 3. The van der Waals surface area contributed by atoms with Crippen LogP contribution in [0.2, 0.25) is 0 Å². The van der Waals surface area contributed by atoms with Crippen molar-refractivity contribution >= 4 is 103 Å². The minimum atomic E-state index is -5.14. The van der Waals surface area contributed by atoms with Crippen molar-refractivity contribution < 1.29 is 66.3 Å². The molecule has 6 aromatic carbocycles. The lowest BCUT2D eigenvalue weighted by molar-refractivity contribution is 0.101. The SMILES string of the molecule is O=C(Nc1ccc(C(=O)Nc2c(S(=O)(=O)O)cc(S(=O)(=O)O)c3ccccc23)cc1)Nc1ccc(C(=O)Nc2c(S(=O)(=O)O)cc(S(=O)(=O)O)c3ccccc23)cc1. The highest BCUT2D eigenvalue weighted by Gasteiger charge is 2.28. The number of anilines is 4. The van der Waals surface area contributed by atoms with E-state index in [4.69, 9.17) is 0 Å². The molecular formula is C35H26N4O15S4. The van der Waals surface area contributed by atoms with Gasteiger partial charge in [-0.15, -0.1) is 0 Å². The van der Waals surface area contributed by atoms with Crippen LogP contribution in [0.3, 0.4) is 0 Å². The minimum Gasteiger partial charge on any atom is -0.320 e. The van der Waals surface area contributed by atoms with Gasteiger partial charge in [-0.25, -0.2) is 4.79 Å². The molecule has 58 heavy (non-hydrogen) atoms. The molecule has 8 N–H and O–H groups in total. The van der Waals surface area contributed by atoms with Crippen LogP contribution in [-0.2, 0) is 40.5 Å². The predicted octanol–water partition coefficient (Wildman–Crippen LogP) is 5.13. The number of nitrogens with one attached hydrogen (secondary N) is 4. The van der Waals surface area contributed by atoms with Crippen LogP contribution in [0, 0.1) is 0 Å². The Morgan fingerprint density at radius 3 is 0.966 bits per heavy atom. The van der Waals surface area contributed by atoms with Gasteiger partial charge in [0.15, 0.2) is 0 Å². The van der Waals surface area contributed by atoms with Gasteiger partial charge in [0.05, 0.1) is 11.4 Å². The summed E-state index contributed by atoms with van der Waals surface area (Å²) in [5.41, 5.74) is -0.704. The standard InChI is InChI=1S/C35H26N4O15S4/c40-33(38-31-25-7-3-1-5-23(25)27(55(43,44)45)17-29(31)57(49,50)51)19-9-13-21(14-10-19)36-35(42)37-22-15-11-20(12-16-22)34(41)39-32-26-8-4-2-6-24(26)28(56(46,47)48)18-30(32)58(52,53)54/h1-18H,(H,38,40)(H,39,41)(H2,36,37,42)(H,43,44,45)(H,46,47,48)(H,49,50,51)(H,52,53,54). The van der Waals surface area contributed by atoms with Gasteiger partial charge in [0.2, 0.25) is 0 Å². The lowest BCUT2D eigenvalue weighted by atomic mass is 10.1. The highest BCUT2D eigenvalue weighted by Crippen LogP contribution is 2.37. The highest BCUT2D eigenvalue weighted by molar-refractivity contribution is 7.87. The first-order valence-electron chi connectivity index (χ1n) is 15.9. The van der Waals surface area contributed by atoms with Crippen LogP contribution in [-0.4, -0.2) is 69.7 Å². The van der Waals surface area contributed by atoms with Gasteiger partial charge in [-0.3, -0.25) is 27.8 Å². The maximum atomic E-state index is 13.2. The molecule has 0 aliphatic rings. The molecule has 0 saturated heterocycles. The van der Waals surface area contributed by atoms with Crippen molar-refractivity contribution in [3.8, 4) is 0 Å². The van der Waals surface area contributed by atoms with Crippen LogP contribution in [0.1, 0.15) is 20.7 Å². The lowest BCUT2D eigenvalue weighted by Crippen LogP contribution is -2.20. The lowest BCUT2D eigenvalue weighted by Gasteiger charge is -2.15. The first kappa shape index (κ1) is 41.3. The van der Waals surface area contributed by atoms with Crippen LogP contribution in [0.15, 0.2) is 129 Å². The number of urea groups is 1. The summed E-state index contributed by atoms with van der Waals surface area (Å²) in [6.45, 7) is 0. The fourth-order valence-corrected chi connectivity index (χ4v) is 8.77. The summed E-state index contributed by atoms with van der Waals surface area (Å²) in [6, 6.07) is 21.2. The molecule has 0 saturated carbocycles. The van der Waals surface area contributed by atoms with Crippen molar-refractivity contribution in [3.05, 3.63) is 120 Å². The maximum absolute atomic E-state index is 13.2. The molecule has 4 amide bonds. The Morgan fingerprint density at radius 2 is 0.672 bits per heavy atom. The quantitative estimate of drug-likeness (QED) is 0.0828. The fraction of sp³-hybridized carbons (Fsp3) is 0. The molecule has 19 nitrogen and oxygen atoms in total. The van der Waals surface area contributed by atoms with Gasteiger partial charge in [0.25, 0.3) is 52.3 Å². The van der Waals surface area contributed by atoms with E-state index in [-0.39, 0.29) is 44.0 Å². The molecule has 23 heteroatoms. The van der Waals surface area contributed by atoms with Crippen LogP contribution in [0.25, 0.3) is 21.5 Å². The van der Waals surface area contributed by atoms with E-state index in [1.807, 2.05) is 0 Å². The number of hydrogen-bond acceptors (Lipinski definition) is 11. The van der Waals surface area contributed by atoms with Crippen molar-refractivity contribution in [2.24, 2.45) is 0 Å². The van der Waals surface area contributed by atoms with Gasteiger partial charge in [0, 0.05) is 44.0 Å². The number of benzene rings is 6.